The number of aryl methyl sites for hydroxylation is 1. The first-order valence-electron chi connectivity index (χ1n) is 7.57. The summed E-state index contributed by atoms with van der Waals surface area (Å²) >= 11 is 0. The number of hydrogen-bond acceptors (Lipinski definition) is 4. The van der Waals surface area contributed by atoms with Crippen molar-refractivity contribution in [1.29, 1.82) is 0 Å². The highest BCUT2D eigenvalue weighted by molar-refractivity contribution is 5.91. The Morgan fingerprint density at radius 3 is 2.41 bits per heavy atom. The van der Waals surface area contributed by atoms with E-state index >= 15 is 0 Å². The first kappa shape index (κ1) is 14.6. The van der Waals surface area contributed by atoms with Gasteiger partial charge in [0.15, 0.2) is 5.82 Å². The van der Waals surface area contributed by atoms with Crippen molar-refractivity contribution < 1.29 is 9.90 Å². The number of aromatic carboxylic acids is 1. The van der Waals surface area contributed by atoms with E-state index in [2.05, 4.69) is 17.1 Å². The van der Waals surface area contributed by atoms with Gasteiger partial charge >= 0.3 is 5.97 Å². The molecule has 1 aromatic heterocycles. The molecule has 0 radical (unpaired) electrons. The van der Waals surface area contributed by atoms with Crippen LogP contribution in [0.1, 0.15) is 35.8 Å². The third-order valence-electron chi connectivity index (χ3n) is 4.15. The van der Waals surface area contributed by atoms with Gasteiger partial charge in [0, 0.05) is 13.1 Å². The average molecular weight is 300 g/mol. The summed E-state index contributed by atoms with van der Waals surface area (Å²) in [6.45, 7) is 5.88. The van der Waals surface area contributed by atoms with Crippen molar-refractivity contribution in [3.63, 3.8) is 0 Å². The molecule has 0 aliphatic carbocycles. The maximum absolute atomic E-state index is 11.5. The van der Waals surface area contributed by atoms with Gasteiger partial charge in [-0.1, -0.05) is 24.6 Å². The van der Waals surface area contributed by atoms with Gasteiger partial charge in [-0.25, -0.2) is 4.79 Å². The van der Waals surface area contributed by atoms with Crippen LogP contribution in [0.3, 0.4) is 0 Å². The Hall–Kier alpha value is -2.37. The van der Waals surface area contributed by atoms with Gasteiger partial charge in [0.1, 0.15) is 0 Å². The zero-order chi connectivity index (χ0) is 15.7. The van der Waals surface area contributed by atoms with Crippen LogP contribution >= 0.6 is 0 Å². The molecule has 1 aliphatic rings. The molecule has 2 heterocycles. The van der Waals surface area contributed by atoms with Gasteiger partial charge in [0.2, 0.25) is 5.69 Å². The summed E-state index contributed by atoms with van der Waals surface area (Å²) in [6.07, 6.45) is 2.10. The fourth-order valence-electron chi connectivity index (χ4n) is 2.66. The van der Waals surface area contributed by atoms with Crippen molar-refractivity contribution in [2.45, 2.75) is 26.7 Å². The normalized spacial score (nSPS) is 16.0. The zero-order valence-electron chi connectivity index (χ0n) is 12.9. The molecule has 0 amide bonds. The van der Waals surface area contributed by atoms with Crippen LogP contribution in [0.15, 0.2) is 24.3 Å². The SMILES string of the molecule is Cc1ccc(-n2nc(C(=O)O)c(N3CCC(C)CC3)n2)cc1. The molecule has 0 atom stereocenters. The van der Waals surface area contributed by atoms with Crippen LogP contribution in [-0.2, 0) is 0 Å². The van der Waals surface area contributed by atoms with Crippen LogP contribution in [0.4, 0.5) is 5.82 Å². The lowest BCUT2D eigenvalue weighted by molar-refractivity contribution is 0.0690. The van der Waals surface area contributed by atoms with Crippen molar-refractivity contribution in [3.8, 4) is 5.69 Å². The molecule has 22 heavy (non-hydrogen) atoms. The molecule has 6 nitrogen and oxygen atoms in total. The van der Waals surface area contributed by atoms with Gasteiger partial charge in [-0.3, -0.25) is 0 Å². The number of carboxylic acid groups (broad SMARTS) is 1. The van der Waals surface area contributed by atoms with E-state index in [0.717, 1.165) is 37.2 Å². The molecule has 0 saturated carbocycles. The number of aromatic nitrogens is 3. The van der Waals surface area contributed by atoms with Crippen molar-refractivity contribution in [2.75, 3.05) is 18.0 Å². The maximum atomic E-state index is 11.5. The fraction of sp³-hybridized carbons (Fsp3) is 0.438. The minimum Gasteiger partial charge on any atom is -0.476 e. The van der Waals surface area contributed by atoms with E-state index < -0.39 is 5.97 Å². The molecule has 1 fully saturated rings. The van der Waals surface area contributed by atoms with E-state index in [4.69, 9.17) is 0 Å². The first-order chi connectivity index (χ1) is 10.5. The van der Waals surface area contributed by atoms with Crippen LogP contribution in [0.2, 0.25) is 0 Å². The number of benzene rings is 1. The van der Waals surface area contributed by atoms with Crippen LogP contribution < -0.4 is 4.90 Å². The number of anilines is 1. The number of piperidine rings is 1. The second-order valence-electron chi connectivity index (χ2n) is 5.97. The summed E-state index contributed by atoms with van der Waals surface area (Å²) in [7, 11) is 0. The highest BCUT2D eigenvalue weighted by atomic mass is 16.4. The molecular weight excluding hydrogens is 280 g/mol. The highest BCUT2D eigenvalue weighted by Crippen LogP contribution is 2.24. The summed E-state index contributed by atoms with van der Waals surface area (Å²) in [5, 5.41) is 18.0. The monoisotopic (exact) mass is 300 g/mol. The summed E-state index contributed by atoms with van der Waals surface area (Å²) in [5.74, 6) is 0.114. The molecule has 2 aromatic rings. The van der Waals surface area contributed by atoms with Gasteiger partial charge in [0.05, 0.1) is 5.69 Å². The van der Waals surface area contributed by atoms with E-state index in [0.29, 0.717) is 11.7 Å². The second-order valence-corrected chi connectivity index (χ2v) is 5.97. The predicted molar refractivity (Wildman–Crippen MR) is 83.7 cm³/mol. The van der Waals surface area contributed by atoms with E-state index in [1.165, 1.54) is 4.80 Å². The minimum atomic E-state index is -1.04. The van der Waals surface area contributed by atoms with E-state index in [1.54, 1.807) is 0 Å². The van der Waals surface area contributed by atoms with Crippen molar-refractivity contribution in [1.82, 2.24) is 15.0 Å². The lowest BCUT2D eigenvalue weighted by Crippen LogP contribution is -2.34. The zero-order valence-corrected chi connectivity index (χ0v) is 12.9. The Morgan fingerprint density at radius 2 is 1.82 bits per heavy atom. The molecular formula is C16H20N4O2. The fourth-order valence-corrected chi connectivity index (χ4v) is 2.66. The van der Waals surface area contributed by atoms with E-state index in [1.807, 2.05) is 36.1 Å². The number of hydrogen-bond donors (Lipinski definition) is 1. The number of rotatable bonds is 3. The summed E-state index contributed by atoms with van der Waals surface area (Å²) in [5.41, 5.74) is 1.93. The van der Waals surface area contributed by atoms with Gasteiger partial charge in [-0.05, 0) is 37.8 Å². The number of carbonyl (C=O) groups is 1. The van der Waals surface area contributed by atoms with Crippen molar-refractivity contribution >= 4 is 11.8 Å². The molecule has 0 bridgehead atoms. The molecule has 116 valence electrons. The van der Waals surface area contributed by atoms with Crippen LogP contribution in [0, 0.1) is 12.8 Å². The second kappa shape index (κ2) is 5.79. The molecule has 1 saturated heterocycles. The molecule has 0 unspecified atom stereocenters. The van der Waals surface area contributed by atoms with Crippen molar-refractivity contribution in [2.24, 2.45) is 5.92 Å². The number of nitrogens with zero attached hydrogens (tertiary/aromatic N) is 4. The third kappa shape index (κ3) is 2.81. The smallest absolute Gasteiger partial charge is 0.360 e. The molecule has 1 N–H and O–H groups in total. The van der Waals surface area contributed by atoms with Crippen LogP contribution in [0.5, 0.6) is 0 Å². The van der Waals surface area contributed by atoms with Crippen molar-refractivity contribution in [3.05, 3.63) is 35.5 Å². The molecule has 3 rings (SSSR count). The summed E-state index contributed by atoms with van der Waals surface area (Å²) in [4.78, 5) is 14.9. The minimum absolute atomic E-state index is 0.0233. The lowest BCUT2D eigenvalue weighted by Gasteiger charge is -2.30. The summed E-state index contributed by atoms with van der Waals surface area (Å²) < 4.78 is 0. The Labute approximate surface area is 129 Å². The van der Waals surface area contributed by atoms with Crippen LogP contribution in [-0.4, -0.2) is 39.2 Å². The van der Waals surface area contributed by atoms with Gasteiger partial charge in [-0.15, -0.1) is 15.0 Å². The van der Waals surface area contributed by atoms with Gasteiger partial charge in [0.25, 0.3) is 0 Å². The Morgan fingerprint density at radius 1 is 1.18 bits per heavy atom. The Kier molecular flexibility index (Phi) is 3.83. The summed E-state index contributed by atoms with van der Waals surface area (Å²) in [6, 6.07) is 7.70. The number of carboxylic acids is 1. The first-order valence-corrected chi connectivity index (χ1v) is 7.57. The van der Waals surface area contributed by atoms with E-state index in [9.17, 15) is 9.90 Å². The van der Waals surface area contributed by atoms with Gasteiger partial charge in [-0.2, -0.15) is 0 Å². The van der Waals surface area contributed by atoms with E-state index in [-0.39, 0.29) is 5.69 Å². The van der Waals surface area contributed by atoms with Crippen LogP contribution in [0.25, 0.3) is 5.69 Å². The standard InChI is InChI=1S/C16H20N4O2/c1-11-3-5-13(6-4-11)20-17-14(16(21)22)15(18-20)19-9-7-12(2)8-10-19/h3-6,12H,7-10H2,1-2H3,(H,21,22). The average Bonchev–Trinajstić information content (AvgIpc) is 2.94. The Bertz CT molecular complexity index is 670. The van der Waals surface area contributed by atoms with Gasteiger partial charge < -0.3 is 10.0 Å². The lowest BCUT2D eigenvalue weighted by atomic mass is 9.99. The molecule has 1 aromatic carbocycles. The third-order valence-corrected chi connectivity index (χ3v) is 4.15. The Balaban J connectivity index is 1.95. The largest absolute Gasteiger partial charge is 0.476 e. The quantitative estimate of drug-likeness (QED) is 0.943. The molecule has 6 heteroatoms. The molecule has 1 aliphatic heterocycles. The predicted octanol–water partition coefficient (Wildman–Crippen LogP) is 2.51. The molecule has 0 spiro atoms. The topological polar surface area (TPSA) is 71.2 Å². The maximum Gasteiger partial charge on any atom is 0.360 e. The highest BCUT2D eigenvalue weighted by Gasteiger charge is 2.26.